The minimum Gasteiger partial charge on any atom is -0.456 e. The molecule has 1 amide bonds. The van der Waals surface area contributed by atoms with Crippen LogP contribution in [0.1, 0.15) is 11.3 Å². The summed E-state index contributed by atoms with van der Waals surface area (Å²) in [5.74, 6) is 0.535. The second kappa shape index (κ2) is 8.60. The van der Waals surface area contributed by atoms with Crippen molar-refractivity contribution in [3.63, 3.8) is 0 Å². The Morgan fingerprint density at radius 1 is 1.12 bits per heavy atom. The molecule has 0 unspecified atom stereocenters. The van der Waals surface area contributed by atoms with E-state index in [1.165, 1.54) is 22.7 Å². The molecule has 0 radical (unpaired) electrons. The molecule has 1 saturated heterocycles. The van der Waals surface area contributed by atoms with Gasteiger partial charge >= 0.3 is 0 Å². The van der Waals surface area contributed by atoms with Crippen molar-refractivity contribution in [2.75, 3.05) is 23.9 Å². The van der Waals surface area contributed by atoms with Crippen LogP contribution in [0.2, 0.25) is 0 Å². The highest BCUT2D eigenvalue weighted by Crippen LogP contribution is 2.38. The third kappa shape index (κ3) is 4.17. The number of anilines is 2. The average Bonchev–Trinajstić information content (AvgIpc) is 3.32. The second-order valence-electron chi connectivity index (χ2n) is 7.41. The predicted octanol–water partition coefficient (Wildman–Crippen LogP) is 5.64. The number of furan rings is 1. The number of thiocarbonyl (C=S) groups is 1. The first-order chi connectivity index (χ1) is 15.2. The lowest BCUT2D eigenvalue weighted by Gasteiger charge is -2.17. The van der Waals surface area contributed by atoms with Crippen molar-refractivity contribution in [1.29, 1.82) is 0 Å². The van der Waals surface area contributed by atoms with Crippen molar-refractivity contribution in [3.8, 4) is 11.3 Å². The van der Waals surface area contributed by atoms with Gasteiger partial charge in [0.15, 0.2) is 4.32 Å². The minimum absolute atomic E-state index is 0.0293. The number of nitrogens with zero attached hydrogens (tertiary/aromatic N) is 3. The molecular formula is C23H19N3O4S2. The first-order valence-electron chi connectivity index (χ1n) is 9.65. The molecule has 0 spiro atoms. The van der Waals surface area contributed by atoms with E-state index in [0.717, 1.165) is 11.3 Å². The van der Waals surface area contributed by atoms with Crippen LogP contribution in [-0.2, 0) is 4.79 Å². The highest BCUT2D eigenvalue weighted by Gasteiger charge is 2.33. The van der Waals surface area contributed by atoms with Crippen molar-refractivity contribution in [2.45, 2.75) is 6.92 Å². The number of carbonyl (C=O) groups excluding carboxylic acids is 1. The third-order valence-corrected chi connectivity index (χ3v) is 6.24. The van der Waals surface area contributed by atoms with Gasteiger partial charge in [0, 0.05) is 31.9 Å². The molecular weight excluding hydrogens is 446 g/mol. The summed E-state index contributed by atoms with van der Waals surface area (Å²) in [7, 11) is 3.89. The van der Waals surface area contributed by atoms with Gasteiger partial charge in [0.1, 0.15) is 11.5 Å². The van der Waals surface area contributed by atoms with Gasteiger partial charge in [-0.3, -0.25) is 19.8 Å². The molecule has 1 aromatic heterocycles. The van der Waals surface area contributed by atoms with Crippen LogP contribution in [-0.4, -0.2) is 29.2 Å². The zero-order valence-corrected chi connectivity index (χ0v) is 19.2. The average molecular weight is 466 g/mol. The van der Waals surface area contributed by atoms with Gasteiger partial charge in [-0.15, -0.1) is 0 Å². The van der Waals surface area contributed by atoms with Gasteiger partial charge in [-0.1, -0.05) is 30.0 Å². The number of amides is 1. The summed E-state index contributed by atoms with van der Waals surface area (Å²) in [6.07, 6.45) is 1.61. The zero-order chi connectivity index (χ0) is 23.0. The van der Waals surface area contributed by atoms with Crippen molar-refractivity contribution >= 4 is 57.3 Å². The molecule has 7 nitrogen and oxygen atoms in total. The summed E-state index contributed by atoms with van der Waals surface area (Å²) < 4.78 is 6.25. The van der Waals surface area contributed by atoms with Crippen molar-refractivity contribution < 1.29 is 14.1 Å². The Labute approximate surface area is 194 Å². The molecule has 1 aliphatic heterocycles. The lowest BCUT2D eigenvalue weighted by molar-refractivity contribution is -0.384. The van der Waals surface area contributed by atoms with Gasteiger partial charge in [-0.05, 0) is 55.0 Å². The Kier molecular flexibility index (Phi) is 5.86. The van der Waals surface area contributed by atoms with Crippen LogP contribution < -0.4 is 9.80 Å². The Morgan fingerprint density at radius 3 is 2.50 bits per heavy atom. The molecule has 2 heterocycles. The highest BCUT2D eigenvalue weighted by atomic mass is 32.2. The van der Waals surface area contributed by atoms with Crippen LogP contribution in [0.4, 0.5) is 17.1 Å². The smallest absolute Gasteiger partial charge is 0.280 e. The summed E-state index contributed by atoms with van der Waals surface area (Å²) in [5.41, 5.74) is 2.85. The maximum absolute atomic E-state index is 13.0. The fourth-order valence-corrected chi connectivity index (χ4v) is 4.57. The largest absolute Gasteiger partial charge is 0.456 e. The Bertz CT molecular complexity index is 1260. The Hall–Kier alpha value is -3.43. The number of hydrogen-bond acceptors (Lipinski definition) is 7. The molecule has 3 aromatic rings. The predicted molar refractivity (Wildman–Crippen MR) is 132 cm³/mol. The van der Waals surface area contributed by atoms with E-state index in [-0.39, 0.29) is 11.6 Å². The Morgan fingerprint density at radius 2 is 1.84 bits per heavy atom. The minimum atomic E-state index is -0.433. The SMILES string of the molecule is Cc1ccc(-c2ccc(/C=C3/SC(=S)N(c4ccc(N(C)C)cc4)C3=O)o2)c([N+](=O)[O-])c1. The third-order valence-electron chi connectivity index (χ3n) is 4.93. The van der Waals surface area contributed by atoms with E-state index >= 15 is 0 Å². The fourth-order valence-electron chi connectivity index (χ4n) is 3.30. The lowest BCUT2D eigenvalue weighted by Crippen LogP contribution is -2.27. The first kappa shape index (κ1) is 21.8. The molecule has 9 heteroatoms. The Balaban J connectivity index is 1.61. The number of thioether (sulfide) groups is 1. The normalized spacial score (nSPS) is 15.0. The summed E-state index contributed by atoms with van der Waals surface area (Å²) in [4.78, 5) is 27.9. The van der Waals surface area contributed by atoms with Gasteiger partial charge in [-0.25, -0.2) is 0 Å². The molecule has 1 fully saturated rings. The molecule has 0 N–H and O–H groups in total. The molecule has 4 rings (SSSR count). The van der Waals surface area contributed by atoms with E-state index in [4.69, 9.17) is 16.6 Å². The van der Waals surface area contributed by atoms with Crippen molar-refractivity contribution in [2.24, 2.45) is 0 Å². The molecule has 0 saturated carbocycles. The molecule has 162 valence electrons. The van der Waals surface area contributed by atoms with E-state index in [0.29, 0.717) is 32.0 Å². The molecule has 1 aliphatic rings. The van der Waals surface area contributed by atoms with Crippen LogP contribution in [0.3, 0.4) is 0 Å². The summed E-state index contributed by atoms with van der Waals surface area (Å²) in [6, 6.07) is 15.8. The van der Waals surface area contributed by atoms with E-state index in [1.807, 2.05) is 43.3 Å². The molecule has 0 bridgehead atoms. The highest BCUT2D eigenvalue weighted by molar-refractivity contribution is 8.27. The van der Waals surface area contributed by atoms with Gasteiger partial charge in [-0.2, -0.15) is 0 Å². The molecule has 32 heavy (non-hydrogen) atoms. The monoisotopic (exact) mass is 465 g/mol. The molecule has 0 atom stereocenters. The van der Waals surface area contributed by atoms with Crippen LogP contribution in [0.5, 0.6) is 0 Å². The van der Waals surface area contributed by atoms with Crippen LogP contribution in [0, 0.1) is 17.0 Å². The summed E-state index contributed by atoms with van der Waals surface area (Å²) >= 11 is 6.62. The topological polar surface area (TPSA) is 79.8 Å². The standard InChI is InChI=1S/C23H19N3O4S2/c1-14-4-10-18(19(12-14)26(28)29)20-11-9-17(30-20)13-21-22(27)25(23(31)32-21)16-7-5-15(6-8-16)24(2)3/h4-13H,1-3H3/b21-13+. The van der Waals surface area contributed by atoms with Gasteiger partial charge < -0.3 is 9.32 Å². The summed E-state index contributed by atoms with van der Waals surface area (Å²) in [5, 5.41) is 11.4. The molecule has 2 aromatic carbocycles. The maximum atomic E-state index is 13.0. The zero-order valence-electron chi connectivity index (χ0n) is 17.6. The first-order valence-corrected chi connectivity index (χ1v) is 10.9. The maximum Gasteiger partial charge on any atom is 0.280 e. The second-order valence-corrected chi connectivity index (χ2v) is 9.08. The van der Waals surface area contributed by atoms with E-state index in [9.17, 15) is 14.9 Å². The van der Waals surface area contributed by atoms with E-state index in [1.54, 1.807) is 37.3 Å². The summed E-state index contributed by atoms with van der Waals surface area (Å²) in [6.45, 7) is 1.79. The van der Waals surface area contributed by atoms with Crippen molar-refractivity contribution in [1.82, 2.24) is 0 Å². The van der Waals surface area contributed by atoms with Crippen LogP contribution >= 0.6 is 24.0 Å². The number of aryl methyl sites for hydroxylation is 1. The number of hydrogen-bond donors (Lipinski definition) is 0. The van der Waals surface area contributed by atoms with Gasteiger partial charge in [0.2, 0.25) is 0 Å². The van der Waals surface area contributed by atoms with Gasteiger partial charge in [0.25, 0.3) is 11.6 Å². The number of carbonyl (C=O) groups is 1. The fraction of sp³-hybridized carbons (Fsp3) is 0.130. The number of nitro benzene ring substituents is 1. The quantitative estimate of drug-likeness (QED) is 0.209. The van der Waals surface area contributed by atoms with Crippen molar-refractivity contribution in [3.05, 3.63) is 80.9 Å². The van der Waals surface area contributed by atoms with Crippen LogP contribution in [0.25, 0.3) is 17.4 Å². The van der Waals surface area contributed by atoms with E-state index < -0.39 is 4.92 Å². The van der Waals surface area contributed by atoms with Gasteiger partial charge in [0.05, 0.1) is 21.1 Å². The lowest BCUT2D eigenvalue weighted by atomic mass is 10.1. The number of rotatable bonds is 5. The van der Waals surface area contributed by atoms with Crippen LogP contribution in [0.15, 0.2) is 63.9 Å². The number of nitro groups is 1. The molecule has 0 aliphatic carbocycles. The van der Waals surface area contributed by atoms with E-state index in [2.05, 4.69) is 0 Å². The number of benzene rings is 2.